The molecule has 2 heterocycles. The Morgan fingerprint density at radius 1 is 0.368 bits per heavy atom. The van der Waals surface area contributed by atoms with Crippen molar-refractivity contribution in [1.82, 2.24) is 4.57 Å². The second-order valence-corrected chi connectivity index (χ2v) is 15.6. The van der Waals surface area contributed by atoms with E-state index in [1.165, 1.54) is 81.6 Å². The predicted molar refractivity (Wildman–Crippen MR) is 241 cm³/mol. The van der Waals surface area contributed by atoms with E-state index in [0.717, 1.165) is 40.5 Å². The topological polar surface area (TPSA) is 18.1 Å². The normalized spacial score (nSPS) is 12.6. The molecule has 0 fully saturated rings. The van der Waals surface area contributed by atoms with Crippen molar-refractivity contribution in [3.63, 3.8) is 0 Å². The van der Waals surface area contributed by atoms with Crippen LogP contribution in [0.15, 0.2) is 199 Å². The van der Waals surface area contributed by atoms with E-state index in [-0.39, 0.29) is 5.92 Å². The summed E-state index contributed by atoms with van der Waals surface area (Å²) in [4.78, 5) is 0. The zero-order chi connectivity index (χ0) is 37.5. The smallest absolute Gasteiger partial charge is 0.137 e. The van der Waals surface area contributed by atoms with E-state index in [9.17, 15) is 0 Å². The molecule has 10 aromatic carbocycles. The predicted octanol–water partition coefficient (Wildman–Crippen LogP) is 15.1. The Balaban J connectivity index is 1.04. The van der Waals surface area contributed by atoms with Crippen LogP contribution in [0.2, 0.25) is 0 Å². The summed E-state index contributed by atoms with van der Waals surface area (Å²) < 4.78 is 8.77. The number of para-hydroxylation sites is 2. The second kappa shape index (κ2) is 12.7. The van der Waals surface area contributed by atoms with Crippen LogP contribution in [0.5, 0.6) is 0 Å². The number of hydrogen-bond acceptors (Lipinski definition) is 1. The highest BCUT2D eigenvalue weighted by atomic mass is 16.3. The molecular weight excluding hydrogens is 691 g/mol. The summed E-state index contributed by atoms with van der Waals surface area (Å²) in [5, 5.41) is 15.2. The lowest BCUT2D eigenvalue weighted by Crippen LogP contribution is -2.04. The van der Waals surface area contributed by atoms with Crippen molar-refractivity contribution in [2.24, 2.45) is 0 Å². The van der Waals surface area contributed by atoms with Gasteiger partial charge in [-0.05, 0) is 115 Å². The minimum absolute atomic E-state index is 0.183. The van der Waals surface area contributed by atoms with Gasteiger partial charge in [0.2, 0.25) is 0 Å². The molecule has 2 heteroatoms. The highest BCUT2D eigenvalue weighted by molar-refractivity contribution is 6.17. The summed E-state index contributed by atoms with van der Waals surface area (Å²) in [6.45, 7) is 0. The van der Waals surface area contributed by atoms with Crippen LogP contribution >= 0.6 is 0 Å². The molecule has 1 unspecified atom stereocenters. The Hall–Kier alpha value is -7.16. The largest absolute Gasteiger partial charge is 0.456 e. The van der Waals surface area contributed by atoms with E-state index in [4.69, 9.17) is 4.42 Å². The summed E-state index contributed by atoms with van der Waals surface area (Å²) in [6.07, 6.45) is 1.96. The molecule has 0 spiro atoms. The molecule has 0 N–H and O–H groups in total. The van der Waals surface area contributed by atoms with Gasteiger partial charge in [0.1, 0.15) is 11.2 Å². The minimum atomic E-state index is 0.183. The quantitative estimate of drug-likeness (QED) is 0.156. The molecule has 0 bridgehead atoms. The van der Waals surface area contributed by atoms with Crippen molar-refractivity contribution >= 4 is 86.8 Å². The molecule has 268 valence electrons. The van der Waals surface area contributed by atoms with Gasteiger partial charge < -0.3 is 8.98 Å². The number of rotatable bonds is 6. The van der Waals surface area contributed by atoms with Crippen molar-refractivity contribution in [3.8, 4) is 5.69 Å². The van der Waals surface area contributed by atoms with E-state index < -0.39 is 0 Å². The fourth-order valence-corrected chi connectivity index (χ4v) is 9.73. The fourth-order valence-electron chi connectivity index (χ4n) is 9.73. The average molecular weight is 728 g/mol. The molecule has 0 radical (unpaired) electrons. The van der Waals surface area contributed by atoms with Crippen LogP contribution < -0.4 is 0 Å². The first-order valence-electron chi connectivity index (χ1n) is 20.0. The van der Waals surface area contributed by atoms with Gasteiger partial charge in [0.15, 0.2) is 0 Å². The lowest BCUT2D eigenvalue weighted by molar-refractivity contribution is 0.668. The first kappa shape index (κ1) is 32.1. The van der Waals surface area contributed by atoms with Crippen LogP contribution in [0, 0.1) is 0 Å². The van der Waals surface area contributed by atoms with Crippen LogP contribution in [-0.2, 0) is 6.42 Å². The number of hydrogen-bond donors (Lipinski definition) is 0. The molecule has 0 amide bonds. The maximum atomic E-state index is 6.37. The standard InChI is InChI=1S/C55H37NO/c1-3-14-42-35(10-1)12-9-13-36(42)22-27-43(39-21-20-38-24-28-45-44-15-4-2-11-37(44)23-29-46(45)50(38)32-39)40-25-31-53-51(33-40)47-16-5-7-18-52(47)56(53)41-26-30-49-48-17-6-8-19-54(48)57-55(49)34-41/h1-21,23-26,28-34,43H,22,27H2. The van der Waals surface area contributed by atoms with Gasteiger partial charge >= 0.3 is 0 Å². The highest BCUT2D eigenvalue weighted by Gasteiger charge is 2.20. The van der Waals surface area contributed by atoms with Crippen LogP contribution in [0.25, 0.3) is 92.5 Å². The molecule has 12 aromatic rings. The molecule has 1 atom stereocenters. The first-order valence-corrected chi connectivity index (χ1v) is 20.0. The number of furan rings is 1. The van der Waals surface area contributed by atoms with Gasteiger partial charge in [-0.15, -0.1) is 0 Å². The van der Waals surface area contributed by atoms with Crippen LogP contribution in [0.1, 0.15) is 29.0 Å². The molecule has 0 aliphatic rings. The third kappa shape index (κ3) is 5.11. The van der Waals surface area contributed by atoms with E-state index in [1.807, 2.05) is 12.1 Å². The van der Waals surface area contributed by atoms with Gasteiger partial charge in [-0.2, -0.15) is 0 Å². The van der Waals surface area contributed by atoms with Gasteiger partial charge in [0.05, 0.1) is 11.0 Å². The molecule has 0 aliphatic carbocycles. The van der Waals surface area contributed by atoms with Crippen molar-refractivity contribution in [2.75, 3.05) is 0 Å². The zero-order valence-corrected chi connectivity index (χ0v) is 31.3. The number of aromatic nitrogens is 1. The van der Waals surface area contributed by atoms with Gasteiger partial charge in [0, 0.05) is 39.2 Å². The molecule has 0 aliphatic heterocycles. The zero-order valence-electron chi connectivity index (χ0n) is 31.3. The van der Waals surface area contributed by atoms with Crippen molar-refractivity contribution < 1.29 is 4.42 Å². The van der Waals surface area contributed by atoms with Gasteiger partial charge in [-0.3, -0.25) is 0 Å². The Bertz CT molecular complexity index is 3540. The summed E-state index contributed by atoms with van der Waals surface area (Å²) in [5.41, 5.74) is 9.39. The van der Waals surface area contributed by atoms with Gasteiger partial charge in [0.25, 0.3) is 0 Å². The number of benzene rings is 10. The molecule has 2 aromatic heterocycles. The van der Waals surface area contributed by atoms with Crippen molar-refractivity contribution in [2.45, 2.75) is 18.8 Å². The van der Waals surface area contributed by atoms with Crippen molar-refractivity contribution in [1.29, 1.82) is 0 Å². The summed E-state index contributed by atoms with van der Waals surface area (Å²) in [5.74, 6) is 0.183. The summed E-state index contributed by atoms with van der Waals surface area (Å²) >= 11 is 0. The maximum Gasteiger partial charge on any atom is 0.137 e. The second-order valence-electron chi connectivity index (χ2n) is 15.6. The maximum absolute atomic E-state index is 6.37. The Morgan fingerprint density at radius 2 is 0.947 bits per heavy atom. The Labute approximate surface area is 329 Å². The van der Waals surface area contributed by atoms with Crippen LogP contribution in [0.4, 0.5) is 0 Å². The van der Waals surface area contributed by atoms with E-state index >= 15 is 0 Å². The fraction of sp³-hybridized carbons (Fsp3) is 0.0545. The number of aryl methyl sites for hydroxylation is 1. The molecule has 12 rings (SSSR count). The minimum Gasteiger partial charge on any atom is -0.456 e. The third-order valence-electron chi connectivity index (χ3n) is 12.5. The van der Waals surface area contributed by atoms with E-state index in [0.29, 0.717) is 0 Å². The third-order valence-corrected chi connectivity index (χ3v) is 12.5. The van der Waals surface area contributed by atoms with E-state index in [1.54, 1.807) is 0 Å². The molecule has 0 saturated carbocycles. The summed E-state index contributed by atoms with van der Waals surface area (Å²) in [6, 6.07) is 71.6. The van der Waals surface area contributed by atoms with Crippen molar-refractivity contribution in [3.05, 3.63) is 211 Å². The van der Waals surface area contributed by atoms with Gasteiger partial charge in [-0.1, -0.05) is 146 Å². The monoisotopic (exact) mass is 727 g/mol. The number of nitrogens with zero attached hydrogens (tertiary/aromatic N) is 1. The lowest BCUT2D eigenvalue weighted by Gasteiger charge is -2.21. The first-order chi connectivity index (χ1) is 28.2. The Kier molecular flexibility index (Phi) is 7.15. The summed E-state index contributed by atoms with van der Waals surface area (Å²) in [7, 11) is 0. The Morgan fingerprint density at radius 3 is 1.81 bits per heavy atom. The average Bonchev–Trinajstić information content (AvgIpc) is 3.81. The molecule has 0 saturated heterocycles. The number of fused-ring (bicyclic) bond motifs is 12. The van der Waals surface area contributed by atoms with Crippen LogP contribution in [-0.4, -0.2) is 4.57 Å². The van der Waals surface area contributed by atoms with Crippen LogP contribution in [0.3, 0.4) is 0 Å². The van der Waals surface area contributed by atoms with Gasteiger partial charge in [-0.25, -0.2) is 0 Å². The molecular formula is C55H37NO. The SMILES string of the molecule is c1ccc2c(CCC(c3ccc4ccc5c6ccccc6ccc5c4c3)c3ccc4c(c3)c3ccccc3n4-c3ccc4c(c3)oc3ccccc34)cccc2c1. The lowest BCUT2D eigenvalue weighted by atomic mass is 9.84. The molecule has 2 nitrogen and oxygen atoms in total. The highest BCUT2D eigenvalue weighted by Crippen LogP contribution is 2.40. The van der Waals surface area contributed by atoms with E-state index in [2.05, 4.69) is 187 Å². The molecule has 57 heavy (non-hydrogen) atoms.